The summed E-state index contributed by atoms with van der Waals surface area (Å²) in [6, 6.07) is 6.56. The summed E-state index contributed by atoms with van der Waals surface area (Å²) in [5.74, 6) is 1.30. The number of benzene rings is 1. The number of hydrogen-bond donors (Lipinski definition) is 0. The predicted molar refractivity (Wildman–Crippen MR) is 122 cm³/mol. The first-order valence-corrected chi connectivity index (χ1v) is 12.0. The van der Waals surface area contributed by atoms with Crippen LogP contribution in [0.25, 0.3) is 5.69 Å². The first-order chi connectivity index (χ1) is 16.8. The van der Waals surface area contributed by atoms with Gasteiger partial charge in [-0.3, -0.25) is 9.69 Å². The average molecular weight is 488 g/mol. The molecule has 2 aliphatic heterocycles. The second kappa shape index (κ2) is 9.44. The molecule has 35 heavy (non-hydrogen) atoms. The fraction of sp³-hybridized carbons (Fsp3) is 0.500. The molecule has 0 N–H and O–H groups in total. The molecule has 0 unspecified atom stereocenters. The lowest BCUT2D eigenvalue weighted by molar-refractivity contribution is -0.143. The molecule has 2 aliphatic rings. The minimum absolute atomic E-state index is 0.263. The Labute approximate surface area is 201 Å². The van der Waals surface area contributed by atoms with Crippen molar-refractivity contribution in [2.45, 2.75) is 51.9 Å². The number of aromatic nitrogens is 5. The highest BCUT2D eigenvalue weighted by Crippen LogP contribution is 2.34. The summed E-state index contributed by atoms with van der Waals surface area (Å²) < 4.78 is 45.1. The molecule has 11 heteroatoms. The van der Waals surface area contributed by atoms with Crippen LogP contribution in [0.1, 0.15) is 52.5 Å². The second-order valence-electron chi connectivity index (χ2n) is 9.22. The van der Waals surface area contributed by atoms with Gasteiger partial charge in [-0.15, -0.1) is 10.2 Å². The fourth-order valence-electron chi connectivity index (χ4n) is 4.80. The van der Waals surface area contributed by atoms with Crippen molar-refractivity contribution in [1.29, 1.82) is 0 Å². The molecule has 0 radical (unpaired) electrons. The molecule has 4 heterocycles. The van der Waals surface area contributed by atoms with Gasteiger partial charge in [0, 0.05) is 39.1 Å². The molecule has 3 aromatic rings. The van der Waals surface area contributed by atoms with Gasteiger partial charge in [0.25, 0.3) is 5.91 Å². The van der Waals surface area contributed by atoms with Crippen LogP contribution in [-0.4, -0.2) is 66.4 Å². The normalized spacial score (nSPS) is 17.3. The number of fused-ring (bicyclic) bond motifs is 1. The number of piperazine rings is 1. The third-order valence-electron chi connectivity index (χ3n) is 6.76. The molecule has 1 aromatic carbocycles. The zero-order valence-electron chi connectivity index (χ0n) is 19.6. The predicted octanol–water partition coefficient (Wildman–Crippen LogP) is 3.48. The number of carbonyl (C=O) groups is 1. The third-order valence-corrected chi connectivity index (χ3v) is 6.76. The lowest BCUT2D eigenvalue weighted by Gasteiger charge is -2.34. The molecule has 2 aromatic heterocycles. The van der Waals surface area contributed by atoms with Crippen LogP contribution in [0.2, 0.25) is 0 Å². The van der Waals surface area contributed by atoms with Crippen LogP contribution in [0.15, 0.2) is 30.5 Å². The van der Waals surface area contributed by atoms with E-state index in [0.29, 0.717) is 32.7 Å². The Morgan fingerprint density at radius 2 is 1.71 bits per heavy atom. The number of hydrogen-bond acceptors (Lipinski definition) is 5. The molecule has 0 saturated carbocycles. The molecule has 5 rings (SSSR count). The SMILES string of the molecule is Cc1ccc(-n2ncc(C(=O)N3CCN(Cc4nnc5n4CCCCC5)CC3)c2C(F)(F)F)cc1. The molecule has 0 spiro atoms. The summed E-state index contributed by atoms with van der Waals surface area (Å²) in [6.07, 6.45) is 0.664. The lowest BCUT2D eigenvalue weighted by atomic mass is 10.1. The Bertz CT molecular complexity index is 1190. The lowest BCUT2D eigenvalue weighted by Crippen LogP contribution is -2.48. The monoisotopic (exact) mass is 487 g/mol. The molecule has 1 saturated heterocycles. The summed E-state index contributed by atoms with van der Waals surface area (Å²) in [7, 11) is 0. The van der Waals surface area contributed by atoms with Crippen LogP contribution in [-0.2, 0) is 25.7 Å². The molecule has 0 aliphatic carbocycles. The highest BCUT2D eigenvalue weighted by molar-refractivity contribution is 5.95. The molecule has 8 nitrogen and oxygen atoms in total. The first-order valence-electron chi connectivity index (χ1n) is 12.0. The quantitative estimate of drug-likeness (QED) is 0.564. The van der Waals surface area contributed by atoms with Crippen LogP contribution in [0.4, 0.5) is 13.2 Å². The van der Waals surface area contributed by atoms with E-state index >= 15 is 0 Å². The van der Waals surface area contributed by atoms with Gasteiger partial charge in [0.2, 0.25) is 0 Å². The van der Waals surface area contributed by atoms with E-state index in [2.05, 4.69) is 24.8 Å². The third kappa shape index (κ3) is 4.82. The van der Waals surface area contributed by atoms with E-state index in [4.69, 9.17) is 0 Å². The number of alkyl halides is 3. The molecular formula is C24H28F3N7O. The van der Waals surface area contributed by atoms with Crippen molar-refractivity contribution in [1.82, 2.24) is 34.3 Å². The summed E-state index contributed by atoms with van der Waals surface area (Å²) in [4.78, 5) is 16.8. The molecule has 186 valence electrons. The zero-order valence-corrected chi connectivity index (χ0v) is 19.6. The standard InChI is InChI=1S/C24H28F3N7O/c1-17-6-8-18(9-7-17)34-22(24(25,26)27)19(15-28-34)23(35)32-13-11-31(12-14-32)16-21-30-29-20-5-3-2-4-10-33(20)21/h6-9,15H,2-5,10-14,16H2,1H3. The van der Waals surface area contributed by atoms with E-state index < -0.39 is 23.3 Å². The van der Waals surface area contributed by atoms with E-state index in [9.17, 15) is 18.0 Å². The number of amides is 1. The smallest absolute Gasteiger partial charge is 0.336 e. The van der Waals surface area contributed by atoms with E-state index in [0.717, 1.165) is 53.9 Å². The molecule has 0 atom stereocenters. The van der Waals surface area contributed by atoms with Crippen LogP contribution in [0.3, 0.4) is 0 Å². The minimum atomic E-state index is -4.72. The van der Waals surface area contributed by atoms with Crippen LogP contribution in [0, 0.1) is 6.92 Å². The van der Waals surface area contributed by atoms with Crippen molar-refractivity contribution >= 4 is 5.91 Å². The van der Waals surface area contributed by atoms with Gasteiger partial charge in [0.05, 0.1) is 24.0 Å². The number of carbonyl (C=O) groups excluding carboxylic acids is 1. The number of nitrogens with zero attached hydrogens (tertiary/aromatic N) is 7. The Morgan fingerprint density at radius 3 is 2.43 bits per heavy atom. The van der Waals surface area contributed by atoms with Gasteiger partial charge in [0.15, 0.2) is 5.69 Å². The maximum absolute atomic E-state index is 14.0. The molecule has 0 bridgehead atoms. The van der Waals surface area contributed by atoms with E-state index in [1.807, 2.05) is 6.92 Å². The number of aryl methyl sites for hydroxylation is 2. The van der Waals surface area contributed by atoms with Crippen molar-refractivity contribution in [2.24, 2.45) is 0 Å². The maximum Gasteiger partial charge on any atom is 0.434 e. The van der Waals surface area contributed by atoms with Crippen molar-refractivity contribution in [3.05, 3.63) is 58.9 Å². The van der Waals surface area contributed by atoms with Gasteiger partial charge >= 0.3 is 6.18 Å². The second-order valence-corrected chi connectivity index (χ2v) is 9.22. The van der Waals surface area contributed by atoms with Gasteiger partial charge < -0.3 is 9.47 Å². The van der Waals surface area contributed by atoms with Crippen molar-refractivity contribution < 1.29 is 18.0 Å². The maximum atomic E-state index is 14.0. The van der Waals surface area contributed by atoms with Crippen molar-refractivity contribution in [3.8, 4) is 5.69 Å². The molecule has 1 fully saturated rings. The highest BCUT2D eigenvalue weighted by atomic mass is 19.4. The van der Waals surface area contributed by atoms with Gasteiger partial charge in [-0.1, -0.05) is 24.1 Å². The first kappa shape index (κ1) is 23.5. The average Bonchev–Trinajstić information content (AvgIpc) is 3.37. The van der Waals surface area contributed by atoms with E-state index in [1.165, 1.54) is 11.3 Å². The minimum Gasteiger partial charge on any atom is -0.336 e. The summed E-state index contributed by atoms with van der Waals surface area (Å²) in [5.41, 5.74) is -0.278. The van der Waals surface area contributed by atoms with Crippen molar-refractivity contribution in [2.75, 3.05) is 26.2 Å². The van der Waals surface area contributed by atoms with Crippen LogP contribution < -0.4 is 0 Å². The number of rotatable bonds is 4. The van der Waals surface area contributed by atoms with Crippen LogP contribution in [0.5, 0.6) is 0 Å². The van der Waals surface area contributed by atoms with Crippen LogP contribution >= 0.6 is 0 Å². The summed E-state index contributed by atoms with van der Waals surface area (Å²) >= 11 is 0. The highest BCUT2D eigenvalue weighted by Gasteiger charge is 2.41. The van der Waals surface area contributed by atoms with Crippen molar-refractivity contribution in [3.63, 3.8) is 0 Å². The Kier molecular flexibility index (Phi) is 6.35. The zero-order chi connectivity index (χ0) is 24.6. The van der Waals surface area contributed by atoms with Gasteiger partial charge in [-0.2, -0.15) is 18.3 Å². The van der Waals surface area contributed by atoms with E-state index in [-0.39, 0.29) is 5.69 Å². The fourth-order valence-corrected chi connectivity index (χ4v) is 4.80. The summed E-state index contributed by atoms with van der Waals surface area (Å²) in [6.45, 7) is 5.18. The Morgan fingerprint density at radius 1 is 0.971 bits per heavy atom. The largest absolute Gasteiger partial charge is 0.434 e. The Balaban J connectivity index is 1.29. The van der Waals surface area contributed by atoms with E-state index in [1.54, 1.807) is 24.3 Å². The topological polar surface area (TPSA) is 72.1 Å². The Hall–Kier alpha value is -3.21. The number of halogens is 3. The molecule has 1 amide bonds. The van der Waals surface area contributed by atoms with Gasteiger partial charge in [-0.25, -0.2) is 4.68 Å². The van der Waals surface area contributed by atoms with Gasteiger partial charge in [-0.05, 0) is 31.9 Å². The summed E-state index contributed by atoms with van der Waals surface area (Å²) in [5, 5.41) is 12.6. The molecular weight excluding hydrogens is 459 g/mol. The van der Waals surface area contributed by atoms with Gasteiger partial charge in [0.1, 0.15) is 11.6 Å².